The maximum Gasteiger partial charge on any atom is 0.265 e. The predicted octanol–water partition coefficient (Wildman–Crippen LogP) is 4.47. The van der Waals surface area contributed by atoms with Crippen LogP contribution in [0.15, 0.2) is 66.7 Å². The van der Waals surface area contributed by atoms with Gasteiger partial charge in [-0.25, -0.2) is 0 Å². The van der Waals surface area contributed by atoms with E-state index in [9.17, 15) is 9.59 Å². The molecule has 2 amide bonds. The number of carbonyl (C=O) groups is 2. The number of carbonyl (C=O) groups excluding carboxylic acids is 2. The summed E-state index contributed by atoms with van der Waals surface area (Å²) in [5.41, 5.74) is 3.14. The Kier molecular flexibility index (Phi) is 7.75. The van der Waals surface area contributed by atoms with Crippen molar-refractivity contribution in [1.82, 2.24) is 0 Å². The quantitative estimate of drug-likeness (QED) is 0.448. The summed E-state index contributed by atoms with van der Waals surface area (Å²) < 4.78 is 21.9. The molecule has 0 fully saturated rings. The van der Waals surface area contributed by atoms with Crippen molar-refractivity contribution in [3.05, 3.63) is 77.9 Å². The Morgan fingerprint density at radius 1 is 1.03 bits per heavy atom. The topological polar surface area (TPSA) is 86.3 Å². The molecule has 3 aromatic carbocycles. The molecule has 3 aromatic rings. The fraction of sp³-hybridized carbons (Fsp3) is 0.214. The number of amides is 2. The van der Waals surface area contributed by atoms with Crippen LogP contribution in [0, 0.1) is 6.92 Å². The number of methoxy groups -OCH3 is 2. The lowest BCUT2D eigenvalue weighted by Crippen LogP contribution is -2.41. The average molecular weight is 489 g/mol. The monoisotopic (exact) mass is 488 g/mol. The zero-order valence-electron chi connectivity index (χ0n) is 20.4. The van der Waals surface area contributed by atoms with Crippen molar-refractivity contribution in [3.8, 4) is 23.0 Å². The molecular weight excluding hydrogens is 460 g/mol. The fourth-order valence-corrected chi connectivity index (χ4v) is 3.73. The minimum atomic E-state index is -0.306. The maximum absolute atomic E-state index is 12.5. The molecule has 0 bridgehead atoms. The summed E-state index contributed by atoms with van der Waals surface area (Å²) in [7, 11) is 3.12. The third kappa shape index (κ3) is 5.96. The average Bonchev–Trinajstić information content (AvgIpc) is 2.89. The number of ether oxygens (including phenoxy) is 4. The van der Waals surface area contributed by atoms with Crippen LogP contribution in [0.4, 0.5) is 11.4 Å². The summed E-state index contributed by atoms with van der Waals surface area (Å²) >= 11 is 0. The van der Waals surface area contributed by atoms with E-state index in [-0.39, 0.29) is 18.4 Å². The highest BCUT2D eigenvalue weighted by Gasteiger charge is 2.25. The van der Waals surface area contributed by atoms with E-state index in [1.54, 1.807) is 55.5 Å². The number of fused-ring (bicyclic) bond motifs is 1. The van der Waals surface area contributed by atoms with Crippen LogP contribution in [-0.4, -0.2) is 45.8 Å². The van der Waals surface area contributed by atoms with Gasteiger partial charge >= 0.3 is 0 Å². The first kappa shape index (κ1) is 24.7. The number of nitrogens with one attached hydrogen (secondary N) is 1. The molecule has 4 rings (SSSR count). The van der Waals surface area contributed by atoms with E-state index in [1.807, 2.05) is 37.3 Å². The first-order chi connectivity index (χ1) is 17.5. The number of rotatable bonds is 9. The van der Waals surface area contributed by atoms with Crippen LogP contribution >= 0.6 is 0 Å². The molecule has 0 radical (unpaired) electrons. The summed E-state index contributed by atoms with van der Waals surface area (Å²) in [4.78, 5) is 26.6. The Bertz CT molecular complexity index is 1270. The van der Waals surface area contributed by atoms with Crippen LogP contribution in [0.1, 0.15) is 11.1 Å². The molecule has 1 aliphatic rings. The van der Waals surface area contributed by atoms with E-state index in [0.717, 1.165) is 16.9 Å². The van der Waals surface area contributed by atoms with Crippen molar-refractivity contribution in [2.75, 3.05) is 44.2 Å². The van der Waals surface area contributed by atoms with Gasteiger partial charge in [-0.15, -0.1) is 0 Å². The molecular formula is C28H28N2O6. The van der Waals surface area contributed by atoms with Crippen LogP contribution in [0.2, 0.25) is 0 Å². The fourth-order valence-electron chi connectivity index (χ4n) is 3.73. The van der Waals surface area contributed by atoms with Crippen LogP contribution in [-0.2, 0) is 9.59 Å². The standard InChI is InChI=1S/C28H28N2O6/c1-19-4-9-22(10-5-19)35-15-14-30-23-11-8-21(17-25(23)36-18-28(30)32)29-27(31)13-7-20-6-12-24(33-2)26(16-20)34-3/h4-13,16-17H,14-15,18H2,1-3H3,(H,29,31)/b13-7+. The SMILES string of the molecule is COc1ccc(/C=C/C(=O)Nc2ccc3c(c2)OCC(=O)N3CCOc2ccc(C)cc2)cc1OC. The summed E-state index contributed by atoms with van der Waals surface area (Å²) in [5, 5.41) is 2.82. The zero-order chi connectivity index (χ0) is 25.5. The van der Waals surface area contributed by atoms with Crippen LogP contribution < -0.4 is 29.2 Å². The minimum absolute atomic E-state index is 0.0753. The van der Waals surface area contributed by atoms with Gasteiger partial charge < -0.3 is 29.2 Å². The molecule has 0 saturated heterocycles. The number of nitrogens with zero attached hydrogens (tertiary/aromatic N) is 1. The molecule has 0 unspecified atom stereocenters. The first-order valence-electron chi connectivity index (χ1n) is 11.4. The van der Waals surface area contributed by atoms with Gasteiger partial charge in [0.05, 0.1) is 26.5 Å². The summed E-state index contributed by atoms with van der Waals surface area (Å²) in [6.45, 7) is 2.66. The molecule has 1 heterocycles. The second-order valence-electron chi connectivity index (χ2n) is 8.12. The number of benzene rings is 3. The normalized spacial score (nSPS) is 12.6. The van der Waals surface area contributed by atoms with Gasteiger partial charge in [0, 0.05) is 17.8 Å². The number of anilines is 2. The largest absolute Gasteiger partial charge is 0.493 e. The Labute approximate surface area is 210 Å². The molecule has 1 N–H and O–H groups in total. The summed E-state index contributed by atoms with van der Waals surface area (Å²) in [5.74, 6) is 2.01. The predicted molar refractivity (Wildman–Crippen MR) is 138 cm³/mol. The van der Waals surface area contributed by atoms with Gasteiger partial charge in [-0.05, 0) is 55.0 Å². The lowest BCUT2D eigenvalue weighted by Gasteiger charge is -2.29. The number of hydrogen-bond donors (Lipinski definition) is 1. The molecule has 0 aliphatic carbocycles. The highest BCUT2D eigenvalue weighted by molar-refractivity contribution is 6.03. The molecule has 186 valence electrons. The highest BCUT2D eigenvalue weighted by Crippen LogP contribution is 2.34. The molecule has 1 aliphatic heterocycles. The van der Waals surface area contributed by atoms with E-state index in [1.165, 1.54) is 6.08 Å². The highest BCUT2D eigenvalue weighted by atomic mass is 16.5. The summed E-state index contributed by atoms with van der Waals surface area (Å²) in [6, 6.07) is 18.3. The first-order valence-corrected chi connectivity index (χ1v) is 11.4. The Balaban J connectivity index is 1.38. The van der Waals surface area contributed by atoms with Crippen molar-refractivity contribution in [2.24, 2.45) is 0 Å². The van der Waals surface area contributed by atoms with Crippen molar-refractivity contribution in [3.63, 3.8) is 0 Å². The smallest absolute Gasteiger partial charge is 0.265 e. The molecule has 0 spiro atoms. The zero-order valence-corrected chi connectivity index (χ0v) is 20.4. The molecule has 0 atom stereocenters. The summed E-state index contributed by atoms with van der Waals surface area (Å²) in [6.07, 6.45) is 3.11. The molecule has 0 aromatic heterocycles. The lowest BCUT2D eigenvalue weighted by molar-refractivity contribution is -0.121. The second kappa shape index (κ2) is 11.3. The molecule has 36 heavy (non-hydrogen) atoms. The van der Waals surface area contributed by atoms with Gasteiger partial charge in [0.15, 0.2) is 18.1 Å². The van der Waals surface area contributed by atoms with Crippen molar-refractivity contribution in [1.29, 1.82) is 0 Å². The van der Waals surface area contributed by atoms with Crippen molar-refractivity contribution < 1.29 is 28.5 Å². The van der Waals surface area contributed by atoms with Crippen molar-refractivity contribution in [2.45, 2.75) is 6.92 Å². The Morgan fingerprint density at radius 3 is 2.56 bits per heavy atom. The van der Waals surface area contributed by atoms with E-state index >= 15 is 0 Å². The lowest BCUT2D eigenvalue weighted by atomic mass is 10.2. The molecule has 8 heteroatoms. The Morgan fingerprint density at radius 2 is 1.81 bits per heavy atom. The Hall–Kier alpha value is -4.46. The third-order valence-corrected chi connectivity index (χ3v) is 5.61. The maximum atomic E-state index is 12.5. The number of hydrogen-bond acceptors (Lipinski definition) is 6. The van der Waals surface area contributed by atoms with Crippen molar-refractivity contribution >= 4 is 29.3 Å². The van der Waals surface area contributed by atoms with Crippen LogP contribution in [0.5, 0.6) is 23.0 Å². The van der Waals surface area contributed by atoms with Gasteiger partial charge in [0.2, 0.25) is 5.91 Å². The molecule has 8 nitrogen and oxygen atoms in total. The van der Waals surface area contributed by atoms with Crippen LogP contribution in [0.3, 0.4) is 0 Å². The van der Waals surface area contributed by atoms with E-state index < -0.39 is 0 Å². The van der Waals surface area contributed by atoms with E-state index in [2.05, 4.69) is 5.32 Å². The van der Waals surface area contributed by atoms with E-state index in [0.29, 0.717) is 41.8 Å². The van der Waals surface area contributed by atoms with Gasteiger partial charge in [-0.2, -0.15) is 0 Å². The minimum Gasteiger partial charge on any atom is -0.493 e. The van der Waals surface area contributed by atoms with Gasteiger partial charge in [-0.3, -0.25) is 9.59 Å². The number of aryl methyl sites for hydroxylation is 1. The second-order valence-corrected chi connectivity index (χ2v) is 8.12. The van der Waals surface area contributed by atoms with Gasteiger partial charge in [0.25, 0.3) is 5.91 Å². The molecule has 0 saturated carbocycles. The van der Waals surface area contributed by atoms with Crippen LogP contribution in [0.25, 0.3) is 6.08 Å². The van der Waals surface area contributed by atoms with Gasteiger partial charge in [-0.1, -0.05) is 23.8 Å². The third-order valence-electron chi connectivity index (χ3n) is 5.61. The van der Waals surface area contributed by atoms with E-state index in [4.69, 9.17) is 18.9 Å². The van der Waals surface area contributed by atoms with Gasteiger partial charge in [0.1, 0.15) is 18.1 Å².